The Kier molecular flexibility index (Phi) is 13.3. The van der Waals surface area contributed by atoms with Gasteiger partial charge in [-0.1, -0.05) is 33.3 Å². The lowest BCUT2D eigenvalue weighted by Gasteiger charge is -2.51. The second kappa shape index (κ2) is 17.3. The van der Waals surface area contributed by atoms with Crippen LogP contribution in [0.25, 0.3) is 0 Å². The fraction of sp³-hybridized carbons (Fsp3) is 0.932. The number of aliphatic carboxylic acids is 1. The maximum atomic E-state index is 11.6. The van der Waals surface area contributed by atoms with Crippen molar-refractivity contribution in [3.8, 4) is 0 Å². The predicted octanol–water partition coefficient (Wildman–Crippen LogP) is 5.52. The Morgan fingerprint density at radius 1 is 0.912 bits per heavy atom. The minimum atomic E-state index is -1.95. The normalized spacial score (nSPS) is 46.6. The van der Waals surface area contributed by atoms with E-state index in [2.05, 4.69) is 20.8 Å². The smallest absolute Gasteiger partial charge is 0.335 e. The molecule has 5 N–H and O–H groups in total. The van der Waals surface area contributed by atoms with Crippen molar-refractivity contribution in [1.82, 2.24) is 0 Å². The zero-order valence-corrected chi connectivity index (χ0v) is 35.2. The van der Waals surface area contributed by atoms with Crippen LogP contribution in [-0.2, 0) is 38.0 Å². The van der Waals surface area contributed by atoms with Crippen LogP contribution < -0.4 is 0 Å². The molecule has 0 radical (unpaired) electrons. The van der Waals surface area contributed by atoms with Gasteiger partial charge in [0.25, 0.3) is 0 Å². The van der Waals surface area contributed by atoms with Crippen molar-refractivity contribution in [1.29, 1.82) is 0 Å². The standard InChI is InChI=1S/C44H72O13/c1-25-21-35(56-44(23-25)36(46)14-13-31(54-44)24-41(6,50)40(48)49)26(2)11-12-30-15-18-42(53-30)19-16-34-39(57-42)37(47)29(5)38(52-34)32(45)22-27(3)33-10-7-17-43(55-33)28(4)9-8-20-51-43/h23,26-39,45-47,50H,7-22,24H2,1-6H3,(H,48,49)/t26-,27+,28+,29?,30+,31+,32+,33+,34-,35+,36-,37-,38+,39-,41-,42-,43-,44-/m1/s1. The summed E-state index contributed by atoms with van der Waals surface area (Å²) in [4.78, 5) is 11.6. The molecule has 7 aliphatic heterocycles. The SMILES string of the molecule is CC1=C[C@@]2(O[C@H](C[C@@](C)(O)C(=O)O)CC[C@H]2O)O[C@H]([C@H](C)CC[C@H]2CC[C@@]3(CC[C@H]4O[C@H]([C@@H](O)C[C@H](C)[C@@H]5CCC[C@@]6(OCCC[C@@H]6C)O5)C(C)[C@@H](O)[C@@H]4O3)O2)C1. The number of hydrogen-bond acceptors (Lipinski definition) is 12. The molecule has 7 rings (SSSR count). The molecule has 3 spiro atoms. The Bertz CT molecular complexity index is 1420. The largest absolute Gasteiger partial charge is 0.479 e. The Hall–Kier alpha value is -1.23. The van der Waals surface area contributed by atoms with Gasteiger partial charge in [-0.25, -0.2) is 4.79 Å². The van der Waals surface area contributed by atoms with Crippen LogP contribution in [0.4, 0.5) is 0 Å². The van der Waals surface area contributed by atoms with E-state index in [9.17, 15) is 30.3 Å². The van der Waals surface area contributed by atoms with Crippen LogP contribution >= 0.6 is 0 Å². The zero-order chi connectivity index (χ0) is 40.9. The van der Waals surface area contributed by atoms with E-state index in [-0.39, 0.29) is 48.6 Å². The van der Waals surface area contributed by atoms with Crippen LogP contribution in [0.15, 0.2) is 11.6 Å². The molecule has 0 aromatic rings. The molecule has 326 valence electrons. The molecule has 7 heterocycles. The Morgan fingerprint density at radius 3 is 2.44 bits per heavy atom. The monoisotopic (exact) mass is 808 g/mol. The summed E-state index contributed by atoms with van der Waals surface area (Å²) >= 11 is 0. The van der Waals surface area contributed by atoms with Crippen molar-refractivity contribution in [2.24, 2.45) is 23.7 Å². The lowest BCUT2D eigenvalue weighted by molar-refractivity contribution is -0.341. The van der Waals surface area contributed by atoms with Crippen LogP contribution in [-0.4, -0.2) is 122 Å². The number of carbonyl (C=O) groups is 1. The average Bonchev–Trinajstić information content (AvgIpc) is 3.56. The van der Waals surface area contributed by atoms with Crippen LogP contribution in [0.2, 0.25) is 0 Å². The average molecular weight is 809 g/mol. The highest BCUT2D eigenvalue weighted by atomic mass is 16.7. The minimum Gasteiger partial charge on any atom is -0.479 e. The van der Waals surface area contributed by atoms with Gasteiger partial charge in [0.1, 0.15) is 12.2 Å². The van der Waals surface area contributed by atoms with Crippen molar-refractivity contribution in [2.75, 3.05) is 6.61 Å². The predicted molar refractivity (Wildman–Crippen MR) is 208 cm³/mol. The number of aliphatic hydroxyl groups is 4. The highest BCUT2D eigenvalue weighted by Crippen LogP contribution is 2.48. The van der Waals surface area contributed by atoms with Gasteiger partial charge in [-0.05, 0) is 109 Å². The molecule has 0 amide bonds. The number of aliphatic hydroxyl groups excluding tert-OH is 3. The molecule has 18 atom stereocenters. The van der Waals surface area contributed by atoms with Crippen molar-refractivity contribution < 1.29 is 63.5 Å². The number of ether oxygens (including phenoxy) is 7. The van der Waals surface area contributed by atoms with E-state index in [1.54, 1.807) is 0 Å². The fourth-order valence-corrected chi connectivity index (χ4v) is 11.2. The molecule has 6 saturated heterocycles. The van der Waals surface area contributed by atoms with Crippen LogP contribution in [0.5, 0.6) is 0 Å². The maximum absolute atomic E-state index is 11.6. The summed E-state index contributed by atoms with van der Waals surface area (Å²) < 4.78 is 45.7. The summed E-state index contributed by atoms with van der Waals surface area (Å²) in [5.41, 5.74) is -0.912. The van der Waals surface area contributed by atoms with Crippen LogP contribution in [0.3, 0.4) is 0 Å². The summed E-state index contributed by atoms with van der Waals surface area (Å²) in [6, 6.07) is 0. The van der Waals surface area contributed by atoms with E-state index >= 15 is 0 Å². The highest BCUT2D eigenvalue weighted by Gasteiger charge is 2.56. The third kappa shape index (κ3) is 9.20. The molecule has 57 heavy (non-hydrogen) atoms. The first-order valence-electron chi connectivity index (χ1n) is 22.3. The zero-order valence-electron chi connectivity index (χ0n) is 35.2. The van der Waals surface area contributed by atoms with Gasteiger partial charge in [0.2, 0.25) is 5.79 Å². The van der Waals surface area contributed by atoms with Crippen LogP contribution in [0.1, 0.15) is 144 Å². The fourth-order valence-electron chi connectivity index (χ4n) is 11.2. The molecule has 13 nitrogen and oxygen atoms in total. The van der Waals surface area contributed by atoms with Crippen molar-refractivity contribution in [3.05, 3.63) is 11.6 Å². The number of carboxylic acid groups (broad SMARTS) is 1. The number of carboxylic acids is 1. The first-order chi connectivity index (χ1) is 26.9. The number of hydrogen-bond donors (Lipinski definition) is 5. The second-order valence-electron chi connectivity index (χ2n) is 19.6. The Balaban J connectivity index is 0.892. The molecular formula is C44H72O13. The van der Waals surface area contributed by atoms with Crippen molar-refractivity contribution in [3.63, 3.8) is 0 Å². The van der Waals surface area contributed by atoms with Crippen LogP contribution in [0, 0.1) is 23.7 Å². The second-order valence-corrected chi connectivity index (χ2v) is 19.6. The molecule has 0 bridgehead atoms. The molecule has 0 aliphatic carbocycles. The molecule has 0 saturated carbocycles. The van der Waals surface area contributed by atoms with Gasteiger partial charge in [0.15, 0.2) is 17.2 Å². The van der Waals surface area contributed by atoms with Gasteiger partial charge in [-0.15, -0.1) is 0 Å². The van der Waals surface area contributed by atoms with E-state index in [4.69, 9.17) is 33.2 Å². The molecule has 7 aliphatic rings. The summed E-state index contributed by atoms with van der Waals surface area (Å²) in [6.07, 6.45) is 8.68. The van der Waals surface area contributed by atoms with Gasteiger partial charge >= 0.3 is 5.97 Å². The Labute approximate surface area is 339 Å². The summed E-state index contributed by atoms with van der Waals surface area (Å²) in [5.74, 6) is -3.74. The van der Waals surface area contributed by atoms with Gasteiger partial charge < -0.3 is 58.7 Å². The van der Waals surface area contributed by atoms with Gasteiger partial charge in [-0.2, -0.15) is 0 Å². The van der Waals surface area contributed by atoms with Crippen molar-refractivity contribution >= 4 is 5.97 Å². The summed E-state index contributed by atoms with van der Waals surface area (Å²) in [6.45, 7) is 12.5. The highest BCUT2D eigenvalue weighted by molar-refractivity contribution is 5.76. The number of rotatable bonds is 11. The van der Waals surface area contributed by atoms with Gasteiger partial charge in [0, 0.05) is 37.5 Å². The summed E-state index contributed by atoms with van der Waals surface area (Å²) in [5, 5.41) is 54.2. The van der Waals surface area contributed by atoms with E-state index < -0.39 is 65.6 Å². The lowest BCUT2D eigenvalue weighted by Crippen LogP contribution is -2.62. The van der Waals surface area contributed by atoms with Gasteiger partial charge in [0.05, 0.1) is 55.4 Å². The topological polar surface area (TPSA) is 183 Å². The number of fused-ring (bicyclic) bond motifs is 1. The van der Waals surface area contributed by atoms with E-state index in [1.165, 1.54) is 6.92 Å². The third-order valence-electron chi connectivity index (χ3n) is 14.9. The lowest BCUT2D eigenvalue weighted by atomic mass is 9.79. The molecule has 0 aromatic carbocycles. The quantitative estimate of drug-likeness (QED) is 0.165. The molecule has 0 aromatic heterocycles. The minimum absolute atomic E-state index is 0.00899. The van der Waals surface area contributed by atoms with E-state index in [1.807, 2.05) is 19.9 Å². The van der Waals surface area contributed by atoms with Gasteiger partial charge in [-0.3, -0.25) is 0 Å². The molecular weight excluding hydrogens is 736 g/mol. The molecule has 6 fully saturated rings. The van der Waals surface area contributed by atoms with Crippen molar-refractivity contribution in [2.45, 2.75) is 228 Å². The molecule has 1 unspecified atom stereocenters. The Morgan fingerprint density at radius 2 is 1.68 bits per heavy atom. The third-order valence-corrected chi connectivity index (χ3v) is 14.9. The first kappa shape index (κ1) is 43.8. The molecule has 13 heteroatoms. The van der Waals surface area contributed by atoms with E-state index in [0.29, 0.717) is 44.4 Å². The maximum Gasteiger partial charge on any atom is 0.335 e. The summed E-state index contributed by atoms with van der Waals surface area (Å²) in [7, 11) is 0. The first-order valence-corrected chi connectivity index (χ1v) is 22.3. The van der Waals surface area contributed by atoms with E-state index in [0.717, 1.165) is 70.0 Å².